The smallest absolute Gasteiger partial charge is 0.243 e. The minimum atomic E-state index is -3.62. The molecule has 1 aromatic heterocycles. The zero-order valence-electron chi connectivity index (χ0n) is 13.2. The van der Waals surface area contributed by atoms with E-state index in [9.17, 15) is 8.42 Å². The van der Waals surface area contributed by atoms with Gasteiger partial charge >= 0.3 is 0 Å². The lowest BCUT2D eigenvalue weighted by Gasteiger charge is -2.22. The fourth-order valence-electron chi connectivity index (χ4n) is 2.07. The van der Waals surface area contributed by atoms with E-state index in [2.05, 4.69) is 4.98 Å². The van der Waals surface area contributed by atoms with Crippen molar-refractivity contribution in [3.05, 3.63) is 54.4 Å². The second-order valence-corrected chi connectivity index (χ2v) is 6.80. The standard InChI is InChI=1S/C16H20N2O4S/c1-21-12-11-18(13-14-7-9-17-10-8-14)23(19,20)16-5-3-15(22-2)4-6-16/h3-10H,11-13H2,1-2H3. The quantitative estimate of drug-likeness (QED) is 0.737. The molecule has 124 valence electrons. The highest BCUT2D eigenvalue weighted by molar-refractivity contribution is 7.89. The zero-order valence-corrected chi connectivity index (χ0v) is 14.0. The number of sulfonamides is 1. The van der Waals surface area contributed by atoms with Gasteiger partial charge in [0, 0.05) is 32.6 Å². The highest BCUT2D eigenvalue weighted by Crippen LogP contribution is 2.21. The number of aromatic nitrogens is 1. The van der Waals surface area contributed by atoms with Crippen LogP contribution in [0.3, 0.4) is 0 Å². The molecule has 1 aromatic carbocycles. The molecule has 0 bridgehead atoms. The van der Waals surface area contributed by atoms with Crippen LogP contribution in [-0.4, -0.2) is 45.1 Å². The summed E-state index contributed by atoms with van der Waals surface area (Å²) in [6.45, 7) is 0.855. The van der Waals surface area contributed by atoms with E-state index >= 15 is 0 Å². The fraction of sp³-hybridized carbons (Fsp3) is 0.312. The minimum absolute atomic E-state index is 0.225. The normalized spacial score (nSPS) is 11.6. The van der Waals surface area contributed by atoms with Crippen LogP contribution in [0.25, 0.3) is 0 Å². The predicted octanol–water partition coefficient (Wildman–Crippen LogP) is 1.93. The van der Waals surface area contributed by atoms with Crippen molar-refractivity contribution < 1.29 is 17.9 Å². The van der Waals surface area contributed by atoms with Gasteiger partial charge in [-0.15, -0.1) is 0 Å². The van der Waals surface area contributed by atoms with Crippen molar-refractivity contribution in [3.8, 4) is 5.75 Å². The molecule has 0 saturated carbocycles. The summed E-state index contributed by atoms with van der Waals surface area (Å²) in [5, 5.41) is 0. The topological polar surface area (TPSA) is 68.7 Å². The number of rotatable bonds is 8. The van der Waals surface area contributed by atoms with Crippen molar-refractivity contribution in [2.24, 2.45) is 0 Å². The Morgan fingerprint density at radius 3 is 2.26 bits per heavy atom. The summed E-state index contributed by atoms with van der Waals surface area (Å²) >= 11 is 0. The van der Waals surface area contributed by atoms with Gasteiger partial charge in [-0.3, -0.25) is 4.98 Å². The molecule has 23 heavy (non-hydrogen) atoms. The van der Waals surface area contributed by atoms with E-state index in [0.29, 0.717) is 12.4 Å². The summed E-state index contributed by atoms with van der Waals surface area (Å²) < 4.78 is 37.2. The van der Waals surface area contributed by atoms with Crippen molar-refractivity contribution in [3.63, 3.8) is 0 Å². The van der Waals surface area contributed by atoms with Crippen LogP contribution >= 0.6 is 0 Å². The van der Waals surface area contributed by atoms with Gasteiger partial charge in [0.2, 0.25) is 10.0 Å². The molecule has 0 spiro atoms. The van der Waals surface area contributed by atoms with Crippen LogP contribution in [0.15, 0.2) is 53.7 Å². The van der Waals surface area contributed by atoms with Crippen LogP contribution in [0.2, 0.25) is 0 Å². The summed E-state index contributed by atoms with van der Waals surface area (Å²) in [6.07, 6.45) is 3.29. The van der Waals surface area contributed by atoms with Crippen LogP contribution < -0.4 is 4.74 Å². The molecular weight excluding hydrogens is 316 g/mol. The Bertz CT molecular complexity index is 703. The van der Waals surface area contributed by atoms with Gasteiger partial charge in [0.05, 0.1) is 18.6 Å². The lowest BCUT2D eigenvalue weighted by molar-refractivity contribution is 0.177. The third-order valence-corrected chi connectivity index (χ3v) is 5.21. The average Bonchev–Trinajstić information content (AvgIpc) is 2.59. The first-order valence-electron chi connectivity index (χ1n) is 7.10. The highest BCUT2D eigenvalue weighted by atomic mass is 32.2. The number of pyridine rings is 1. The van der Waals surface area contributed by atoms with E-state index < -0.39 is 10.0 Å². The number of nitrogens with zero attached hydrogens (tertiary/aromatic N) is 2. The summed E-state index contributed by atoms with van der Waals surface area (Å²) in [4.78, 5) is 4.17. The van der Waals surface area contributed by atoms with Crippen molar-refractivity contribution in [1.29, 1.82) is 0 Å². The fourth-order valence-corrected chi connectivity index (χ4v) is 3.48. The Hall–Kier alpha value is -1.96. The molecule has 6 nitrogen and oxygen atoms in total. The maximum absolute atomic E-state index is 12.9. The van der Waals surface area contributed by atoms with Crippen LogP contribution in [0.1, 0.15) is 5.56 Å². The Balaban J connectivity index is 2.27. The monoisotopic (exact) mass is 336 g/mol. The Labute approximate surface area is 136 Å². The zero-order chi connectivity index (χ0) is 16.7. The van der Waals surface area contributed by atoms with Crippen LogP contribution in [-0.2, 0) is 21.3 Å². The molecule has 7 heteroatoms. The Morgan fingerprint density at radius 2 is 1.70 bits per heavy atom. The third-order valence-electron chi connectivity index (χ3n) is 3.35. The third kappa shape index (κ3) is 4.51. The number of methoxy groups -OCH3 is 2. The summed E-state index contributed by atoms with van der Waals surface area (Å²) in [6, 6.07) is 9.94. The van der Waals surface area contributed by atoms with Gasteiger partial charge in [0.1, 0.15) is 5.75 Å². The second kappa shape index (κ2) is 8.05. The lowest BCUT2D eigenvalue weighted by Crippen LogP contribution is -2.33. The molecule has 0 amide bonds. The van der Waals surface area contributed by atoms with E-state index in [4.69, 9.17) is 9.47 Å². The maximum atomic E-state index is 12.9. The van der Waals surface area contributed by atoms with E-state index in [0.717, 1.165) is 5.56 Å². The lowest BCUT2D eigenvalue weighted by atomic mass is 10.3. The number of hydrogen-bond donors (Lipinski definition) is 0. The highest BCUT2D eigenvalue weighted by Gasteiger charge is 2.24. The molecule has 0 N–H and O–H groups in total. The van der Waals surface area contributed by atoms with Crippen LogP contribution in [0, 0.1) is 0 Å². The Kier molecular flexibility index (Phi) is 6.09. The van der Waals surface area contributed by atoms with Crippen molar-refractivity contribution in [2.75, 3.05) is 27.4 Å². The molecule has 0 fully saturated rings. The molecule has 2 rings (SSSR count). The molecule has 0 atom stereocenters. The van der Waals surface area contributed by atoms with Gasteiger partial charge in [-0.25, -0.2) is 8.42 Å². The SMILES string of the molecule is COCCN(Cc1ccncc1)S(=O)(=O)c1ccc(OC)cc1. The largest absolute Gasteiger partial charge is 0.497 e. The van der Waals surface area contributed by atoms with E-state index in [-0.39, 0.29) is 18.0 Å². The van der Waals surface area contributed by atoms with E-state index in [1.807, 2.05) is 0 Å². The first kappa shape index (κ1) is 17.4. The number of ether oxygens (including phenoxy) is 2. The van der Waals surface area contributed by atoms with Gasteiger partial charge in [-0.2, -0.15) is 4.31 Å². The van der Waals surface area contributed by atoms with Crippen LogP contribution in [0.5, 0.6) is 5.75 Å². The van der Waals surface area contributed by atoms with E-state index in [1.54, 1.807) is 55.9 Å². The molecule has 0 radical (unpaired) electrons. The second-order valence-electron chi connectivity index (χ2n) is 4.86. The first-order valence-corrected chi connectivity index (χ1v) is 8.54. The molecule has 0 aliphatic rings. The Morgan fingerprint density at radius 1 is 1.04 bits per heavy atom. The summed E-state index contributed by atoms with van der Waals surface area (Å²) in [7, 11) is -0.533. The molecular formula is C16H20N2O4S. The van der Waals surface area contributed by atoms with Gasteiger partial charge < -0.3 is 9.47 Å². The van der Waals surface area contributed by atoms with Gasteiger partial charge in [-0.1, -0.05) is 0 Å². The molecule has 0 aliphatic carbocycles. The van der Waals surface area contributed by atoms with Gasteiger partial charge in [0.15, 0.2) is 0 Å². The van der Waals surface area contributed by atoms with E-state index in [1.165, 1.54) is 11.4 Å². The number of hydrogen-bond acceptors (Lipinski definition) is 5. The molecule has 0 saturated heterocycles. The van der Waals surface area contributed by atoms with Crippen molar-refractivity contribution in [1.82, 2.24) is 9.29 Å². The summed E-state index contributed by atoms with van der Waals surface area (Å²) in [5.41, 5.74) is 0.869. The molecule has 2 aromatic rings. The summed E-state index contributed by atoms with van der Waals surface area (Å²) in [5.74, 6) is 0.613. The molecule has 1 heterocycles. The predicted molar refractivity (Wildman–Crippen MR) is 86.7 cm³/mol. The average molecular weight is 336 g/mol. The van der Waals surface area contributed by atoms with Gasteiger partial charge in [-0.05, 0) is 42.0 Å². The minimum Gasteiger partial charge on any atom is -0.497 e. The van der Waals surface area contributed by atoms with Gasteiger partial charge in [0.25, 0.3) is 0 Å². The number of benzene rings is 1. The van der Waals surface area contributed by atoms with Crippen LogP contribution in [0.4, 0.5) is 0 Å². The first-order chi connectivity index (χ1) is 11.1. The van der Waals surface area contributed by atoms with Crippen molar-refractivity contribution >= 4 is 10.0 Å². The van der Waals surface area contributed by atoms with Crippen molar-refractivity contribution in [2.45, 2.75) is 11.4 Å². The molecule has 0 unspecified atom stereocenters. The maximum Gasteiger partial charge on any atom is 0.243 e. The molecule has 0 aliphatic heterocycles.